The van der Waals surface area contributed by atoms with Crippen molar-refractivity contribution in [2.24, 2.45) is 0 Å². The van der Waals surface area contributed by atoms with Crippen LogP contribution in [-0.4, -0.2) is 63.9 Å². The third-order valence-electron chi connectivity index (χ3n) is 4.83. The van der Waals surface area contributed by atoms with Gasteiger partial charge < -0.3 is 20.0 Å². The quantitative estimate of drug-likeness (QED) is 0.438. The highest BCUT2D eigenvalue weighted by molar-refractivity contribution is 14.1. The largest absolute Gasteiger partial charge is 0.393 e. The van der Waals surface area contributed by atoms with Gasteiger partial charge in [0, 0.05) is 41.5 Å². The maximum atomic E-state index is 14.4. The van der Waals surface area contributed by atoms with Gasteiger partial charge in [-0.15, -0.1) is 0 Å². The van der Waals surface area contributed by atoms with Crippen molar-refractivity contribution in [1.29, 1.82) is 0 Å². The summed E-state index contributed by atoms with van der Waals surface area (Å²) in [6, 6.07) is 6.88. The van der Waals surface area contributed by atoms with E-state index in [4.69, 9.17) is 5.11 Å². The Morgan fingerprint density at radius 2 is 2.07 bits per heavy atom. The van der Waals surface area contributed by atoms with Gasteiger partial charge in [-0.05, 0) is 46.9 Å². The van der Waals surface area contributed by atoms with E-state index in [9.17, 15) is 14.3 Å². The highest BCUT2D eigenvalue weighted by atomic mass is 127. The Hall–Kier alpha value is -2.09. The zero-order valence-corrected chi connectivity index (χ0v) is 18.7. The van der Waals surface area contributed by atoms with E-state index in [1.54, 1.807) is 9.80 Å². The molecule has 0 aliphatic carbocycles. The van der Waals surface area contributed by atoms with Gasteiger partial charge >= 0.3 is 6.03 Å². The summed E-state index contributed by atoms with van der Waals surface area (Å²) < 4.78 is 16.5. The lowest BCUT2D eigenvalue weighted by atomic mass is 10.1. The molecule has 0 bridgehead atoms. The molecule has 2 amide bonds. The molecule has 8 nitrogen and oxygen atoms in total. The number of anilines is 2. The molecule has 3 aromatic rings. The van der Waals surface area contributed by atoms with E-state index < -0.39 is 18.5 Å². The summed E-state index contributed by atoms with van der Waals surface area (Å²) in [5, 5.41) is 22.0. The summed E-state index contributed by atoms with van der Waals surface area (Å²) >= 11 is 3.64. The number of aliphatic hydroxyl groups excluding tert-OH is 2. The molecule has 0 spiro atoms. The maximum Gasteiger partial charge on any atom is 0.323 e. The summed E-state index contributed by atoms with van der Waals surface area (Å²) in [5.41, 5.74) is 1.07. The summed E-state index contributed by atoms with van der Waals surface area (Å²) in [6.45, 7) is 1.18. The zero-order valence-electron chi connectivity index (χ0n) is 15.8. The number of thiazole rings is 1. The number of benzene rings is 1. The number of piperazine rings is 1. The molecule has 1 fully saturated rings. The first-order valence-corrected chi connectivity index (χ1v) is 11.2. The van der Waals surface area contributed by atoms with Gasteiger partial charge in [0.25, 0.3) is 0 Å². The molecule has 1 atom stereocenters. The van der Waals surface area contributed by atoms with Crippen molar-refractivity contribution in [1.82, 2.24) is 14.9 Å². The summed E-state index contributed by atoms with van der Waals surface area (Å²) in [6.07, 6.45) is 0.194. The molecule has 1 saturated heterocycles. The van der Waals surface area contributed by atoms with Crippen LogP contribution in [0.1, 0.15) is 11.7 Å². The highest BCUT2D eigenvalue weighted by Crippen LogP contribution is 2.27. The number of nitrogens with zero attached hydrogens (tertiary/aromatic N) is 4. The van der Waals surface area contributed by atoms with Gasteiger partial charge in [-0.3, -0.25) is 5.32 Å². The third-order valence-corrected chi connectivity index (χ3v) is 6.45. The first-order valence-electron chi connectivity index (χ1n) is 9.26. The van der Waals surface area contributed by atoms with E-state index in [2.05, 4.69) is 37.9 Å². The molecule has 0 saturated carbocycles. The van der Waals surface area contributed by atoms with Gasteiger partial charge in [0.1, 0.15) is 6.10 Å². The Bertz CT molecular complexity index is 1070. The van der Waals surface area contributed by atoms with Crippen molar-refractivity contribution in [2.75, 3.05) is 43.0 Å². The average Bonchev–Trinajstić information content (AvgIpc) is 3.14. The molecule has 4 rings (SSSR count). The van der Waals surface area contributed by atoms with Crippen molar-refractivity contribution in [2.45, 2.75) is 6.10 Å². The Morgan fingerprint density at radius 1 is 1.30 bits per heavy atom. The number of aliphatic hydroxyl groups is 2. The first kappa shape index (κ1) is 21.2. The number of nitrogens with one attached hydrogen (secondary N) is 1. The molecular weight excluding hydrogens is 524 g/mol. The van der Waals surface area contributed by atoms with Gasteiger partial charge in [0.15, 0.2) is 16.8 Å². The van der Waals surface area contributed by atoms with Crippen molar-refractivity contribution < 1.29 is 19.4 Å². The number of carbonyl (C=O) groups excluding carboxylic acids is 1. The average molecular weight is 543 g/mol. The molecule has 3 N–H and O–H groups in total. The second-order valence-corrected chi connectivity index (χ2v) is 9.08. The molecule has 11 heteroatoms. The number of hydrogen-bond acceptors (Lipinski definition) is 7. The van der Waals surface area contributed by atoms with Crippen LogP contribution in [0.3, 0.4) is 0 Å². The summed E-state index contributed by atoms with van der Waals surface area (Å²) in [7, 11) is 0. The topological polar surface area (TPSA) is 102 Å². The number of hydrogen-bond donors (Lipinski definition) is 3. The predicted molar refractivity (Wildman–Crippen MR) is 121 cm³/mol. The summed E-state index contributed by atoms with van der Waals surface area (Å²) in [4.78, 5) is 24.6. The second-order valence-electron chi connectivity index (χ2n) is 6.81. The Morgan fingerprint density at radius 3 is 2.77 bits per heavy atom. The van der Waals surface area contributed by atoms with Crippen LogP contribution < -0.4 is 10.2 Å². The lowest BCUT2D eigenvalue weighted by molar-refractivity contribution is 0.0951. The predicted octanol–water partition coefficient (Wildman–Crippen LogP) is 2.81. The van der Waals surface area contributed by atoms with Gasteiger partial charge in [-0.25, -0.2) is 19.2 Å². The number of halogens is 2. The standard InChI is InChI=1S/C19H19FIN5O3S/c20-13-7-11(15(28)10-27)9-22-17(13)25-3-5-26(6-4-25)19(29)24-18-23-14-8-12(21)1-2-16(14)30-18/h1-2,7-9,15,27-28H,3-6,10H2,(H,23,24,29)/t15-/m0/s1. The van der Waals surface area contributed by atoms with Gasteiger partial charge in [-0.1, -0.05) is 11.3 Å². The molecule has 2 aromatic heterocycles. The van der Waals surface area contributed by atoms with E-state index in [1.165, 1.54) is 23.6 Å². The van der Waals surface area contributed by atoms with Crippen LogP contribution in [0.25, 0.3) is 10.2 Å². The normalized spacial score (nSPS) is 15.5. The van der Waals surface area contributed by atoms with Crippen LogP contribution in [0.4, 0.5) is 20.1 Å². The van der Waals surface area contributed by atoms with E-state index in [1.807, 2.05) is 18.2 Å². The molecule has 0 radical (unpaired) electrons. The minimum Gasteiger partial charge on any atom is -0.393 e. The van der Waals surface area contributed by atoms with E-state index in [0.29, 0.717) is 31.3 Å². The van der Waals surface area contributed by atoms with Crippen LogP contribution >= 0.6 is 33.9 Å². The van der Waals surface area contributed by atoms with Crippen molar-refractivity contribution >= 4 is 61.1 Å². The lowest BCUT2D eigenvalue weighted by Crippen LogP contribution is -2.50. The number of carbonyl (C=O) groups is 1. The molecule has 1 aromatic carbocycles. The van der Waals surface area contributed by atoms with Crippen molar-refractivity contribution in [3.8, 4) is 0 Å². The van der Waals surface area contributed by atoms with Gasteiger partial charge in [-0.2, -0.15) is 0 Å². The van der Waals surface area contributed by atoms with Crippen LogP contribution in [0.5, 0.6) is 0 Å². The fourth-order valence-electron chi connectivity index (χ4n) is 3.21. The fraction of sp³-hybridized carbons (Fsp3) is 0.316. The number of urea groups is 1. The van der Waals surface area contributed by atoms with Crippen LogP contribution in [-0.2, 0) is 0 Å². The molecule has 0 unspecified atom stereocenters. The number of pyridine rings is 1. The highest BCUT2D eigenvalue weighted by Gasteiger charge is 2.25. The fourth-order valence-corrected chi connectivity index (χ4v) is 4.52. The maximum absolute atomic E-state index is 14.4. The van der Waals surface area contributed by atoms with Crippen LogP contribution in [0.2, 0.25) is 0 Å². The molecule has 158 valence electrons. The van der Waals surface area contributed by atoms with E-state index in [0.717, 1.165) is 13.8 Å². The first-order chi connectivity index (χ1) is 14.4. The van der Waals surface area contributed by atoms with E-state index >= 15 is 0 Å². The van der Waals surface area contributed by atoms with Crippen LogP contribution in [0.15, 0.2) is 30.5 Å². The molecular formula is C19H19FIN5O3S. The monoisotopic (exact) mass is 543 g/mol. The van der Waals surface area contributed by atoms with Crippen molar-refractivity contribution in [3.05, 3.63) is 45.4 Å². The number of rotatable bonds is 4. The zero-order chi connectivity index (χ0) is 21.3. The minimum atomic E-state index is -1.16. The Balaban J connectivity index is 1.37. The lowest BCUT2D eigenvalue weighted by Gasteiger charge is -2.35. The van der Waals surface area contributed by atoms with E-state index in [-0.39, 0.29) is 17.4 Å². The Labute approximate surface area is 189 Å². The smallest absolute Gasteiger partial charge is 0.323 e. The molecule has 30 heavy (non-hydrogen) atoms. The van der Waals surface area contributed by atoms with Crippen molar-refractivity contribution in [3.63, 3.8) is 0 Å². The second kappa shape index (κ2) is 8.96. The molecule has 1 aliphatic heterocycles. The number of amides is 2. The number of fused-ring (bicyclic) bond motifs is 1. The third kappa shape index (κ3) is 4.48. The molecule has 3 heterocycles. The SMILES string of the molecule is O=C(Nc1nc2cc(I)ccc2s1)N1CCN(c2ncc([C@@H](O)CO)cc2F)CC1. The number of aromatic nitrogens is 2. The van der Waals surface area contributed by atoms with Crippen LogP contribution in [0, 0.1) is 9.39 Å². The van der Waals surface area contributed by atoms with Gasteiger partial charge in [0.2, 0.25) is 0 Å². The Kier molecular flexibility index (Phi) is 6.32. The molecule has 1 aliphatic rings. The minimum absolute atomic E-state index is 0.171. The summed E-state index contributed by atoms with van der Waals surface area (Å²) in [5.74, 6) is -0.397. The van der Waals surface area contributed by atoms with Gasteiger partial charge in [0.05, 0.1) is 16.8 Å².